The fraction of sp³-hybridized carbons (Fsp3) is 0.846. The molecule has 0 aromatic heterocycles. The lowest BCUT2D eigenvalue weighted by atomic mass is 10.1. The van der Waals surface area contributed by atoms with E-state index in [1.165, 1.54) is 0 Å². The Morgan fingerprint density at radius 1 is 1.32 bits per heavy atom. The lowest BCUT2D eigenvalue weighted by Crippen LogP contribution is -2.30. The first-order valence-corrected chi connectivity index (χ1v) is 6.90. The number of nitrogens with one attached hydrogen (secondary N) is 1. The van der Waals surface area contributed by atoms with E-state index in [1.807, 2.05) is 27.7 Å². The number of carbonyl (C=O) groups is 1. The normalized spacial score (nSPS) is 11.5. The molecule has 0 saturated carbocycles. The fourth-order valence-electron chi connectivity index (χ4n) is 1.32. The van der Waals surface area contributed by atoms with Crippen molar-refractivity contribution in [2.75, 3.05) is 12.7 Å². The van der Waals surface area contributed by atoms with Crippen LogP contribution in [0.25, 0.3) is 0 Å². The van der Waals surface area contributed by atoms with Gasteiger partial charge < -0.3 is 14.2 Å². The van der Waals surface area contributed by atoms with Gasteiger partial charge in [-0.25, -0.2) is 0 Å². The lowest BCUT2D eigenvalue weighted by Gasteiger charge is -2.26. The van der Waals surface area contributed by atoms with Gasteiger partial charge in [-0.2, -0.15) is 0 Å². The van der Waals surface area contributed by atoms with Gasteiger partial charge in [0.1, 0.15) is 5.60 Å². The van der Waals surface area contributed by atoms with Crippen molar-refractivity contribution in [1.82, 2.24) is 0 Å². The molecule has 5 nitrogen and oxygen atoms in total. The summed E-state index contributed by atoms with van der Waals surface area (Å²) in [6, 6.07) is -0.162. The summed E-state index contributed by atoms with van der Waals surface area (Å²) in [5.41, 5.74) is -0.484. The summed E-state index contributed by atoms with van der Waals surface area (Å²) in [6.45, 7) is 8.30. The Balaban J connectivity index is 3.92. The Kier molecular flexibility index (Phi) is 8.76. The zero-order valence-electron chi connectivity index (χ0n) is 12.1. The van der Waals surface area contributed by atoms with Gasteiger partial charge in [0, 0.05) is 12.8 Å². The zero-order chi connectivity index (χ0) is 14.9. The minimum atomic E-state index is -0.484. The maximum atomic E-state index is 11.1. The second-order valence-electron chi connectivity index (χ2n) is 5.08. The number of hydrogen-bond donors (Lipinski definition) is 1. The van der Waals surface area contributed by atoms with E-state index in [1.54, 1.807) is 0 Å². The Labute approximate surface area is 120 Å². The van der Waals surface area contributed by atoms with E-state index >= 15 is 0 Å². The molecule has 0 aliphatic heterocycles. The van der Waals surface area contributed by atoms with Crippen LogP contribution in [0.2, 0.25) is 0 Å². The van der Waals surface area contributed by atoms with E-state index in [0.717, 1.165) is 0 Å². The van der Waals surface area contributed by atoms with E-state index in [0.29, 0.717) is 13.0 Å². The number of hydrogen-bond acceptors (Lipinski definition) is 5. The maximum absolute atomic E-state index is 11.1. The van der Waals surface area contributed by atoms with E-state index < -0.39 is 11.6 Å². The average molecular weight is 294 g/mol. The monoisotopic (exact) mass is 293 g/mol. The van der Waals surface area contributed by atoms with Crippen LogP contribution in [-0.2, 0) is 19.0 Å². The minimum Gasteiger partial charge on any atom is -0.475 e. The van der Waals surface area contributed by atoms with Crippen LogP contribution < -0.4 is 0 Å². The van der Waals surface area contributed by atoms with Crippen LogP contribution in [0.4, 0.5) is 0 Å². The molecular weight excluding hydrogens is 270 g/mol. The molecule has 0 aromatic rings. The molecule has 0 amide bonds. The van der Waals surface area contributed by atoms with Crippen LogP contribution in [0.3, 0.4) is 0 Å². The van der Waals surface area contributed by atoms with Crippen molar-refractivity contribution in [2.24, 2.45) is 0 Å². The quantitative estimate of drug-likeness (QED) is 0.307. The highest BCUT2D eigenvalue weighted by molar-refractivity contribution is 6.17. The number of halogens is 1. The molecule has 0 atom stereocenters. The highest BCUT2D eigenvalue weighted by Gasteiger charge is 2.21. The van der Waals surface area contributed by atoms with Crippen molar-refractivity contribution in [1.29, 1.82) is 5.41 Å². The number of ether oxygens (including phenoxy) is 3. The molecule has 0 bridgehead atoms. The first-order chi connectivity index (χ1) is 8.76. The zero-order valence-corrected chi connectivity index (χ0v) is 12.9. The van der Waals surface area contributed by atoms with Gasteiger partial charge in [0.05, 0.1) is 19.1 Å². The van der Waals surface area contributed by atoms with Crippen LogP contribution in [0.1, 0.15) is 47.0 Å². The summed E-state index contributed by atoms with van der Waals surface area (Å²) in [7, 11) is 0. The van der Waals surface area contributed by atoms with E-state index in [2.05, 4.69) is 4.74 Å². The molecule has 0 fully saturated rings. The molecule has 19 heavy (non-hydrogen) atoms. The first kappa shape index (κ1) is 18.2. The summed E-state index contributed by atoms with van der Waals surface area (Å²) < 4.78 is 15.5. The third-order valence-corrected chi connectivity index (χ3v) is 2.44. The van der Waals surface area contributed by atoms with E-state index in [4.69, 9.17) is 26.5 Å². The van der Waals surface area contributed by atoms with Gasteiger partial charge in [-0.3, -0.25) is 10.2 Å². The molecular formula is C13H24ClNO4. The summed E-state index contributed by atoms with van der Waals surface area (Å²) >= 11 is 5.26. The van der Waals surface area contributed by atoms with Gasteiger partial charge in [0.15, 0.2) is 12.0 Å². The summed E-state index contributed by atoms with van der Waals surface area (Å²) in [5.74, 6) is -0.356. The summed E-state index contributed by atoms with van der Waals surface area (Å²) in [5, 5.41) is 7.69. The van der Waals surface area contributed by atoms with E-state index in [-0.39, 0.29) is 30.9 Å². The molecule has 1 N–H and O–H groups in total. The number of alkyl halides is 1. The van der Waals surface area contributed by atoms with Crippen LogP contribution in [0.5, 0.6) is 0 Å². The second-order valence-corrected chi connectivity index (χ2v) is 5.30. The molecule has 0 spiro atoms. The Morgan fingerprint density at radius 3 is 2.47 bits per heavy atom. The summed E-state index contributed by atoms with van der Waals surface area (Å²) in [4.78, 5) is 11.1. The standard InChI is InChI=1S/C13H24ClNO4/c1-10(2)17-8-7-13(3,4)19-11(15)5-6-12(16)18-9-14/h10,15H,5-9H2,1-4H3. The fourth-order valence-corrected chi connectivity index (χ4v) is 1.45. The minimum absolute atomic E-state index is 0.0704. The second kappa shape index (κ2) is 9.15. The smallest absolute Gasteiger partial charge is 0.307 e. The Bertz CT molecular complexity index is 292. The predicted molar refractivity (Wildman–Crippen MR) is 74.6 cm³/mol. The van der Waals surface area contributed by atoms with Crippen molar-refractivity contribution in [3.05, 3.63) is 0 Å². The van der Waals surface area contributed by atoms with Gasteiger partial charge in [-0.15, -0.1) is 0 Å². The molecule has 0 aliphatic carbocycles. The average Bonchev–Trinajstić information content (AvgIpc) is 2.25. The molecule has 0 aromatic carbocycles. The highest BCUT2D eigenvalue weighted by Crippen LogP contribution is 2.16. The van der Waals surface area contributed by atoms with Crippen molar-refractivity contribution >= 4 is 23.5 Å². The maximum Gasteiger partial charge on any atom is 0.307 e. The molecule has 0 aliphatic rings. The Hall–Kier alpha value is -0.810. The van der Waals surface area contributed by atoms with Gasteiger partial charge >= 0.3 is 5.97 Å². The first-order valence-electron chi connectivity index (χ1n) is 6.36. The molecule has 0 radical (unpaired) electrons. The predicted octanol–water partition coefficient (Wildman–Crippen LogP) is 3.09. The van der Waals surface area contributed by atoms with Crippen molar-refractivity contribution in [3.8, 4) is 0 Å². The number of carbonyl (C=O) groups excluding carboxylic acids is 1. The molecule has 6 heteroatoms. The molecule has 0 heterocycles. The summed E-state index contributed by atoms with van der Waals surface area (Å²) in [6.07, 6.45) is 1.18. The van der Waals surface area contributed by atoms with Crippen LogP contribution in [0, 0.1) is 5.41 Å². The van der Waals surface area contributed by atoms with E-state index in [9.17, 15) is 4.79 Å². The highest BCUT2D eigenvalue weighted by atomic mass is 35.5. The third-order valence-electron chi connectivity index (χ3n) is 2.33. The van der Waals surface area contributed by atoms with Crippen molar-refractivity contribution < 1.29 is 19.0 Å². The molecule has 0 rings (SSSR count). The van der Waals surface area contributed by atoms with Crippen LogP contribution in [-0.4, -0.2) is 36.2 Å². The Morgan fingerprint density at radius 2 is 1.95 bits per heavy atom. The van der Waals surface area contributed by atoms with Crippen molar-refractivity contribution in [2.45, 2.75) is 58.7 Å². The topological polar surface area (TPSA) is 68.6 Å². The van der Waals surface area contributed by atoms with Gasteiger partial charge in [0.2, 0.25) is 0 Å². The number of rotatable bonds is 9. The van der Waals surface area contributed by atoms with Gasteiger partial charge in [0.25, 0.3) is 0 Å². The number of esters is 1. The van der Waals surface area contributed by atoms with Crippen LogP contribution >= 0.6 is 11.6 Å². The SMILES string of the molecule is CC(C)OCCC(C)(C)OC(=N)CCC(=O)OCCl. The van der Waals surface area contributed by atoms with Gasteiger partial charge in [-0.1, -0.05) is 11.6 Å². The largest absolute Gasteiger partial charge is 0.475 e. The molecule has 112 valence electrons. The van der Waals surface area contributed by atoms with Crippen molar-refractivity contribution in [3.63, 3.8) is 0 Å². The molecule has 0 unspecified atom stereocenters. The van der Waals surface area contributed by atoms with Crippen LogP contribution in [0.15, 0.2) is 0 Å². The lowest BCUT2D eigenvalue weighted by molar-refractivity contribution is -0.141. The third kappa shape index (κ3) is 10.8. The van der Waals surface area contributed by atoms with Gasteiger partial charge in [-0.05, 0) is 27.7 Å². The molecule has 0 saturated heterocycles.